The summed E-state index contributed by atoms with van der Waals surface area (Å²) in [6.07, 6.45) is 10.6. The highest BCUT2D eigenvalue weighted by atomic mass is 32.2. The van der Waals surface area contributed by atoms with Crippen molar-refractivity contribution in [3.05, 3.63) is 0 Å². The molecule has 0 aromatic rings. The van der Waals surface area contributed by atoms with Gasteiger partial charge in [-0.1, -0.05) is 58.3 Å². The van der Waals surface area contributed by atoms with Crippen molar-refractivity contribution >= 4 is 41.5 Å². The lowest BCUT2D eigenvalue weighted by Crippen LogP contribution is -2.53. The third-order valence-corrected chi connectivity index (χ3v) is 6.83. The van der Waals surface area contributed by atoms with Crippen LogP contribution in [0.15, 0.2) is 0 Å². The first-order valence-corrected chi connectivity index (χ1v) is 15.0. The van der Waals surface area contributed by atoms with E-state index in [2.05, 4.69) is 22.3 Å². The Balaban J connectivity index is 4.40. The van der Waals surface area contributed by atoms with Crippen molar-refractivity contribution in [3.63, 3.8) is 0 Å². The molecule has 0 heterocycles. The molecule has 3 unspecified atom stereocenters. The predicted molar refractivity (Wildman–Crippen MR) is 149 cm³/mol. The standard InChI is InChI=1S/C27H48N2O9S/c1-5-6-7-8-9-10-11-12-13-14-22(38-21(3)32)17-25(33)37-15-16-39-19-24(28-20(2)31)26(34)29-23(18-30)27(35)36-4/h22-24,30H,5-19H2,1-4H3,(H,28,31)(H,29,34). The van der Waals surface area contributed by atoms with Gasteiger partial charge in [-0.05, 0) is 12.8 Å². The van der Waals surface area contributed by atoms with Crippen molar-refractivity contribution in [1.29, 1.82) is 0 Å². The van der Waals surface area contributed by atoms with Crippen molar-refractivity contribution in [2.24, 2.45) is 0 Å². The first kappa shape index (κ1) is 36.7. The number of ether oxygens (including phenoxy) is 3. The molecular formula is C27H48N2O9S. The number of carbonyl (C=O) groups is 5. The molecule has 0 bridgehead atoms. The lowest BCUT2D eigenvalue weighted by molar-refractivity contribution is -0.153. The molecule has 0 saturated heterocycles. The van der Waals surface area contributed by atoms with Crippen LogP contribution in [-0.4, -0.2) is 84.8 Å². The van der Waals surface area contributed by atoms with Crippen LogP contribution in [0.1, 0.15) is 91.4 Å². The number of amides is 2. The van der Waals surface area contributed by atoms with Crippen molar-refractivity contribution < 1.29 is 43.3 Å². The summed E-state index contributed by atoms with van der Waals surface area (Å²) < 4.78 is 15.1. The van der Waals surface area contributed by atoms with Gasteiger partial charge in [-0.15, -0.1) is 0 Å². The Morgan fingerprint density at radius 3 is 2.03 bits per heavy atom. The van der Waals surface area contributed by atoms with E-state index in [1.165, 1.54) is 64.1 Å². The fraction of sp³-hybridized carbons (Fsp3) is 0.815. The number of rotatable bonds is 23. The molecule has 11 nitrogen and oxygen atoms in total. The maximum Gasteiger partial charge on any atom is 0.330 e. The highest BCUT2D eigenvalue weighted by Gasteiger charge is 2.26. The van der Waals surface area contributed by atoms with Crippen LogP contribution in [0, 0.1) is 0 Å². The van der Waals surface area contributed by atoms with E-state index in [1.54, 1.807) is 0 Å². The lowest BCUT2D eigenvalue weighted by atomic mass is 10.0. The molecule has 0 spiro atoms. The third kappa shape index (κ3) is 20.3. The van der Waals surface area contributed by atoms with Crippen LogP contribution < -0.4 is 10.6 Å². The molecule has 0 aromatic heterocycles. The van der Waals surface area contributed by atoms with E-state index in [4.69, 9.17) is 9.47 Å². The molecule has 0 radical (unpaired) electrons. The van der Waals surface area contributed by atoms with Crippen molar-refractivity contribution in [2.75, 3.05) is 31.8 Å². The molecule has 0 aliphatic carbocycles. The number of nitrogens with one attached hydrogen (secondary N) is 2. The van der Waals surface area contributed by atoms with Crippen LogP contribution in [0.3, 0.4) is 0 Å². The second-order valence-electron chi connectivity index (χ2n) is 9.37. The summed E-state index contributed by atoms with van der Waals surface area (Å²) >= 11 is 1.26. The van der Waals surface area contributed by atoms with Gasteiger partial charge in [0.15, 0.2) is 6.04 Å². The van der Waals surface area contributed by atoms with E-state index >= 15 is 0 Å². The van der Waals surface area contributed by atoms with E-state index in [-0.39, 0.29) is 18.8 Å². The molecule has 0 aliphatic heterocycles. The number of methoxy groups -OCH3 is 1. The Morgan fingerprint density at radius 1 is 0.872 bits per heavy atom. The van der Waals surface area contributed by atoms with Gasteiger partial charge in [-0.3, -0.25) is 19.2 Å². The molecule has 12 heteroatoms. The highest BCUT2D eigenvalue weighted by Crippen LogP contribution is 2.15. The van der Waals surface area contributed by atoms with Crippen LogP contribution in [0.5, 0.6) is 0 Å². The van der Waals surface area contributed by atoms with Gasteiger partial charge in [0.25, 0.3) is 0 Å². The van der Waals surface area contributed by atoms with Crippen LogP contribution in [-0.2, 0) is 38.2 Å². The van der Waals surface area contributed by atoms with Crippen molar-refractivity contribution in [2.45, 2.75) is 110 Å². The molecule has 0 rings (SSSR count). The second kappa shape index (κ2) is 23.5. The van der Waals surface area contributed by atoms with E-state index in [0.717, 1.165) is 26.4 Å². The van der Waals surface area contributed by atoms with Crippen LogP contribution in [0.4, 0.5) is 0 Å². The van der Waals surface area contributed by atoms with Gasteiger partial charge in [0.05, 0.1) is 20.1 Å². The van der Waals surface area contributed by atoms with E-state index in [0.29, 0.717) is 12.2 Å². The number of hydrogen-bond acceptors (Lipinski definition) is 10. The first-order chi connectivity index (χ1) is 18.6. The normalized spacial score (nSPS) is 13.1. The summed E-state index contributed by atoms with van der Waals surface area (Å²) in [7, 11) is 1.13. The predicted octanol–water partition coefficient (Wildman–Crippen LogP) is 2.66. The minimum absolute atomic E-state index is 0.0196. The highest BCUT2D eigenvalue weighted by molar-refractivity contribution is 7.99. The summed E-state index contributed by atoms with van der Waals surface area (Å²) in [5.74, 6) is -2.31. The Hall–Kier alpha value is -2.34. The Morgan fingerprint density at radius 2 is 1.49 bits per heavy atom. The maximum atomic E-state index is 12.5. The molecular weight excluding hydrogens is 528 g/mol. The van der Waals surface area contributed by atoms with Crippen molar-refractivity contribution in [1.82, 2.24) is 10.6 Å². The number of aliphatic hydroxyl groups excluding tert-OH is 1. The summed E-state index contributed by atoms with van der Waals surface area (Å²) in [5, 5.41) is 14.1. The Bertz CT molecular complexity index is 736. The number of hydrogen-bond donors (Lipinski definition) is 3. The molecule has 226 valence electrons. The molecule has 0 aromatic carbocycles. The third-order valence-electron chi connectivity index (χ3n) is 5.81. The zero-order chi connectivity index (χ0) is 29.5. The van der Waals surface area contributed by atoms with Gasteiger partial charge in [0.2, 0.25) is 11.8 Å². The number of carbonyl (C=O) groups excluding carboxylic acids is 5. The SMILES string of the molecule is CCCCCCCCCCCC(CC(=O)OCCSCC(NC(C)=O)C(=O)NC(CO)C(=O)OC)OC(C)=O. The van der Waals surface area contributed by atoms with Crippen LogP contribution in [0.25, 0.3) is 0 Å². The first-order valence-electron chi connectivity index (χ1n) is 13.8. The van der Waals surface area contributed by atoms with Gasteiger partial charge in [-0.2, -0.15) is 11.8 Å². The Labute approximate surface area is 236 Å². The molecule has 3 atom stereocenters. The zero-order valence-electron chi connectivity index (χ0n) is 24.0. The quantitative estimate of drug-likeness (QED) is 0.0938. The summed E-state index contributed by atoms with van der Waals surface area (Å²) in [6.45, 7) is 4.20. The van der Waals surface area contributed by atoms with E-state index in [9.17, 15) is 29.1 Å². The van der Waals surface area contributed by atoms with Gasteiger partial charge in [0, 0.05) is 25.4 Å². The number of aliphatic hydroxyl groups is 1. The molecule has 0 aliphatic rings. The number of esters is 3. The molecule has 39 heavy (non-hydrogen) atoms. The van der Waals surface area contributed by atoms with Crippen molar-refractivity contribution in [3.8, 4) is 0 Å². The maximum absolute atomic E-state index is 12.5. The lowest BCUT2D eigenvalue weighted by Gasteiger charge is -2.20. The smallest absolute Gasteiger partial charge is 0.330 e. The molecule has 0 fully saturated rings. The summed E-state index contributed by atoms with van der Waals surface area (Å²) in [6, 6.07) is -2.21. The minimum Gasteiger partial charge on any atom is -0.467 e. The molecule has 2 amide bonds. The molecule has 0 saturated carbocycles. The van der Waals surface area contributed by atoms with Gasteiger partial charge < -0.3 is 30.0 Å². The molecule has 3 N–H and O–H groups in total. The van der Waals surface area contributed by atoms with Crippen LogP contribution >= 0.6 is 11.8 Å². The fourth-order valence-corrected chi connectivity index (χ4v) is 4.64. The minimum atomic E-state index is -1.24. The average Bonchev–Trinajstić information content (AvgIpc) is 2.88. The fourth-order valence-electron chi connectivity index (χ4n) is 3.80. The number of thioether (sulfide) groups is 1. The second-order valence-corrected chi connectivity index (χ2v) is 10.5. The van der Waals surface area contributed by atoms with Gasteiger partial charge >= 0.3 is 17.9 Å². The monoisotopic (exact) mass is 576 g/mol. The number of unbranched alkanes of at least 4 members (excludes halogenated alkanes) is 8. The van der Waals surface area contributed by atoms with E-state index in [1.807, 2.05) is 0 Å². The van der Waals surface area contributed by atoms with E-state index < -0.39 is 54.5 Å². The zero-order valence-corrected chi connectivity index (χ0v) is 24.8. The largest absolute Gasteiger partial charge is 0.467 e. The van der Waals surface area contributed by atoms with Gasteiger partial charge in [0.1, 0.15) is 18.8 Å². The summed E-state index contributed by atoms with van der Waals surface area (Å²) in [5.41, 5.74) is 0. The topological polar surface area (TPSA) is 157 Å². The average molecular weight is 577 g/mol. The van der Waals surface area contributed by atoms with Gasteiger partial charge in [-0.25, -0.2) is 4.79 Å². The van der Waals surface area contributed by atoms with Crippen LogP contribution in [0.2, 0.25) is 0 Å². The Kier molecular flexibility index (Phi) is 22.1. The summed E-state index contributed by atoms with van der Waals surface area (Å²) in [4.78, 5) is 59.3.